The molecule has 0 radical (unpaired) electrons. The first kappa shape index (κ1) is 11.5. The molecule has 2 heteroatoms. The highest BCUT2D eigenvalue weighted by Gasteiger charge is 2.35. The van der Waals surface area contributed by atoms with Crippen molar-refractivity contribution in [1.82, 2.24) is 5.32 Å². The van der Waals surface area contributed by atoms with Crippen molar-refractivity contribution in [2.24, 2.45) is 0 Å². The summed E-state index contributed by atoms with van der Waals surface area (Å²) < 4.78 is 6.12. The van der Waals surface area contributed by atoms with Gasteiger partial charge in [0.05, 0.1) is 0 Å². The fourth-order valence-corrected chi connectivity index (χ4v) is 2.36. The minimum absolute atomic E-state index is 0.0318. The summed E-state index contributed by atoms with van der Waals surface area (Å²) in [6, 6.07) is 6.86. The van der Waals surface area contributed by atoms with E-state index in [2.05, 4.69) is 44.3 Å². The van der Waals surface area contributed by atoms with E-state index in [0.29, 0.717) is 6.04 Å². The summed E-state index contributed by atoms with van der Waals surface area (Å²) in [7, 11) is 2.03. The molecular formula is C14H21NO. The number of aryl methyl sites for hydroxylation is 1. The third-order valence-electron chi connectivity index (χ3n) is 3.63. The van der Waals surface area contributed by atoms with Crippen LogP contribution in [0.3, 0.4) is 0 Å². The minimum Gasteiger partial charge on any atom is -0.487 e. The van der Waals surface area contributed by atoms with Crippen LogP contribution in [0.25, 0.3) is 0 Å². The van der Waals surface area contributed by atoms with Crippen LogP contribution in [0.5, 0.6) is 5.75 Å². The Morgan fingerprint density at radius 2 is 2.25 bits per heavy atom. The molecule has 0 amide bonds. The second-order valence-electron chi connectivity index (χ2n) is 4.99. The summed E-state index contributed by atoms with van der Waals surface area (Å²) in [5, 5.41) is 3.40. The molecule has 16 heavy (non-hydrogen) atoms. The van der Waals surface area contributed by atoms with Crippen molar-refractivity contribution in [2.75, 3.05) is 7.05 Å². The quantitative estimate of drug-likeness (QED) is 0.824. The van der Waals surface area contributed by atoms with Crippen LogP contribution in [0, 0.1) is 6.92 Å². The van der Waals surface area contributed by atoms with Crippen molar-refractivity contribution in [3.8, 4) is 5.75 Å². The Labute approximate surface area is 98.0 Å². The molecule has 1 aromatic carbocycles. The van der Waals surface area contributed by atoms with Gasteiger partial charge in [0.1, 0.15) is 11.4 Å². The number of benzene rings is 1. The van der Waals surface area contributed by atoms with Crippen LogP contribution in [0.1, 0.15) is 43.9 Å². The summed E-state index contributed by atoms with van der Waals surface area (Å²) in [6.45, 7) is 6.51. The monoisotopic (exact) mass is 219 g/mol. The first-order chi connectivity index (χ1) is 7.58. The van der Waals surface area contributed by atoms with E-state index >= 15 is 0 Å². The summed E-state index contributed by atoms with van der Waals surface area (Å²) in [5.74, 6) is 1.04. The molecule has 1 heterocycles. The Bertz CT molecular complexity index is 388. The van der Waals surface area contributed by atoms with Crippen molar-refractivity contribution in [3.63, 3.8) is 0 Å². The standard InChI is InChI=1S/C14H21NO/c1-5-14(3)9-12(15-4)11-8-10(2)6-7-13(11)16-14/h6-8,12,15H,5,9H2,1-4H3. The largest absolute Gasteiger partial charge is 0.487 e. The van der Waals surface area contributed by atoms with E-state index in [9.17, 15) is 0 Å². The Kier molecular flexibility index (Phi) is 2.94. The number of rotatable bonds is 2. The Morgan fingerprint density at radius 3 is 2.88 bits per heavy atom. The lowest BCUT2D eigenvalue weighted by Crippen LogP contribution is -2.40. The predicted octanol–water partition coefficient (Wildman–Crippen LogP) is 3.21. The normalized spacial score (nSPS) is 28.4. The van der Waals surface area contributed by atoms with Gasteiger partial charge in [0, 0.05) is 18.0 Å². The van der Waals surface area contributed by atoms with E-state index in [0.717, 1.165) is 18.6 Å². The van der Waals surface area contributed by atoms with E-state index < -0.39 is 0 Å². The lowest BCUT2D eigenvalue weighted by atomic mass is 9.86. The summed E-state index contributed by atoms with van der Waals surface area (Å²) in [5.41, 5.74) is 2.56. The van der Waals surface area contributed by atoms with Gasteiger partial charge >= 0.3 is 0 Å². The molecule has 0 saturated heterocycles. The highest BCUT2D eigenvalue weighted by Crippen LogP contribution is 2.41. The molecule has 1 aliphatic heterocycles. The molecule has 1 N–H and O–H groups in total. The maximum absolute atomic E-state index is 6.12. The van der Waals surface area contributed by atoms with Crippen LogP contribution < -0.4 is 10.1 Å². The van der Waals surface area contributed by atoms with Gasteiger partial charge in [-0.1, -0.05) is 24.6 Å². The predicted molar refractivity (Wildman–Crippen MR) is 66.9 cm³/mol. The molecular weight excluding hydrogens is 198 g/mol. The second-order valence-corrected chi connectivity index (χ2v) is 4.99. The number of nitrogens with one attached hydrogen (secondary N) is 1. The average molecular weight is 219 g/mol. The van der Waals surface area contributed by atoms with Gasteiger partial charge in [-0.3, -0.25) is 0 Å². The van der Waals surface area contributed by atoms with Crippen LogP contribution in [0.2, 0.25) is 0 Å². The third-order valence-corrected chi connectivity index (χ3v) is 3.63. The molecule has 2 unspecified atom stereocenters. The topological polar surface area (TPSA) is 21.3 Å². The maximum atomic E-state index is 6.12. The van der Waals surface area contributed by atoms with E-state index in [1.54, 1.807) is 0 Å². The van der Waals surface area contributed by atoms with Crippen molar-refractivity contribution >= 4 is 0 Å². The van der Waals surface area contributed by atoms with Crippen LogP contribution >= 0.6 is 0 Å². The molecule has 1 aromatic rings. The van der Waals surface area contributed by atoms with Gasteiger partial charge in [-0.15, -0.1) is 0 Å². The van der Waals surface area contributed by atoms with Gasteiger partial charge in [0.2, 0.25) is 0 Å². The molecule has 2 nitrogen and oxygen atoms in total. The van der Waals surface area contributed by atoms with Crippen molar-refractivity contribution in [1.29, 1.82) is 0 Å². The third kappa shape index (κ3) is 1.94. The van der Waals surface area contributed by atoms with Crippen LogP contribution in [-0.2, 0) is 0 Å². The molecule has 2 atom stereocenters. The molecule has 2 rings (SSSR count). The molecule has 0 spiro atoms. The summed E-state index contributed by atoms with van der Waals surface area (Å²) in [6.07, 6.45) is 2.08. The fourth-order valence-electron chi connectivity index (χ4n) is 2.36. The highest BCUT2D eigenvalue weighted by atomic mass is 16.5. The molecule has 0 fully saturated rings. The van der Waals surface area contributed by atoms with Crippen molar-refractivity contribution < 1.29 is 4.74 Å². The zero-order valence-corrected chi connectivity index (χ0v) is 10.6. The van der Waals surface area contributed by atoms with Gasteiger partial charge < -0.3 is 10.1 Å². The Morgan fingerprint density at radius 1 is 1.50 bits per heavy atom. The zero-order chi connectivity index (χ0) is 11.8. The SMILES string of the molecule is CCC1(C)CC(NC)c2cc(C)ccc2O1. The van der Waals surface area contributed by atoms with Crippen LogP contribution in [-0.4, -0.2) is 12.6 Å². The average Bonchev–Trinajstić information content (AvgIpc) is 2.29. The Hall–Kier alpha value is -1.02. The number of fused-ring (bicyclic) bond motifs is 1. The number of hydrogen-bond acceptors (Lipinski definition) is 2. The second kappa shape index (κ2) is 4.10. The first-order valence-corrected chi connectivity index (χ1v) is 6.05. The minimum atomic E-state index is -0.0318. The maximum Gasteiger partial charge on any atom is 0.124 e. The fraction of sp³-hybridized carbons (Fsp3) is 0.571. The van der Waals surface area contributed by atoms with Crippen LogP contribution in [0.15, 0.2) is 18.2 Å². The number of hydrogen-bond donors (Lipinski definition) is 1. The van der Waals surface area contributed by atoms with Gasteiger partial charge in [0.15, 0.2) is 0 Å². The lowest BCUT2D eigenvalue weighted by Gasteiger charge is -2.39. The Balaban J connectivity index is 2.42. The van der Waals surface area contributed by atoms with E-state index in [1.165, 1.54) is 11.1 Å². The highest BCUT2D eigenvalue weighted by molar-refractivity contribution is 5.41. The van der Waals surface area contributed by atoms with Gasteiger partial charge in [0.25, 0.3) is 0 Å². The smallest absolute Gasteiger partial charge is 0.124 e. The molecule has 0 aliphatic carbocycles. The summed E-state index contributed by atoms with van der Waals surface area (Å²) >= 11 is 0. The molecule has 88 valence electrons. The lowest BCUT2D eigenvalue weighted by molar-refractivity contribution is 0.0455. The van der Waals surface area contributed by atoms with E-state index in [1.807, 2.05) is 7.05 Å². The van der Waals surface area contributed by atoms with E-state index in [-0.39, 0.29) is 5.60 Å². The molecule has 0 aromatic heterocycles. The molecule has 1 aliphatic rings. The number of ether oxygens (including phenoxy) is 1. The van der Waals surface area contributed by atoms with Crippen molar-refractivity contribution in [3.05, 3.63) is 29.3 Å². The van der Waals surface area contributed by atoms with Crippen LogP contribution in [0.4, 0.5) is 0 Å². The van der Waals surface area contributed by atoms with E-state index in [4.69, 9.17) is 4.74 Å². The summed E-state index contributed by atoms with van der Waals surface area (Å²) in [4.78, 5) is 0. The van der Waals surface area contributed by atoms with Gasteiger partial charge in [-0.25, -0.2) is 0 Å². The first-order valence-electron chi connectivity index (χ1n) is 6.05. The zero-order valence-electron chi connectivity index (χ0n) is 10.6. The van der Waals surface area contributed by atoms with Crippen molar-refractivity contribution in [2.45, 2.75) is 45.3 Å². The molecule has 0 bridgehead atoms. The van der Waals surface area contributed by atoms with Gasteiger partial charge in [-0.2, -0.15) is 0 Å². The van der Waals surface area contributed by atoms with Gasteiger partial charge in [-0.05, 0) is 33.4 Å². The molecule has 0 saturated carbocycles.